The Morgan fingerprint density at radius 2 is 2.25 bits per heavy atom. The number of amides is 1. The number of phenolic OH excluding ortho intramolecular Hbond substituents is 1. The van der Waals surface area contributed by atoms with E-state index in [4.69, 9.17) is 0 Å². The molecule has 0 unspecified atom stereocenters. The number of carbonyl (C=O) groups is 1. The lowest BCUT2D eigenvalue weighted by Gasteiger charge is -2.02. The fourth-order valence-corrected chi connectivity index (χ4v) is 1.49. The first-order valence-corrected chi connectivity index (χ1v) is 3.83. The van der Waals surface area contributed by atoms with Crippen molar-refractivity contribution < 1.29 is 9.90 Å². The number of fused-ring (bicyclic) bond motifs is 1. The molecule has 2 N–H and O–H groups in total. The second kappa shape index (κ2) is 2.24. The van der Waals surface area contributed by atoms with Crippen LogP contribution in [0.3, 0.4) is 0 Å². The summed E-state index contributed by atoms with van der Waals surface area (Å²) in [5.41, 5.74) is 1.44. The molecule has 1 heterocycles. The molecule has 0 fully saturated rings. The highest BCUT2D eigenvalue weighted by Gasteiger charge is 2.28. The second-order valence-corrected chi connectivity index (χ2v) is 2.95. The van der Waals surface area contributed by atoms with Crippen molar-refractivity contribution in [2.24, 2.45) is 0 Å². The molecule has 1 aliphatic rings. The van der Waals surface area contributed by atoms with Crippen LogP contribution in [-0.2, 0) is 4.79 Å². The number of carbonyl (C=O) groups excluding carboxylic acids is 1. The summed E-state index contributed by atoms with van der Waals surface area (Å²) in [6.45, 7) is 1.78. The van der Waals surface area contributed by atoms with E-state index in [0.717, 1.165) is 5.69 Å². The zero-order valence-electron chi connectivity index (χ0n) is 6.66. The van der Waals surface area contributed by atoms with Crippen molar-refractivity contribution in [3.8, 4) is 5.75 Å². The largest absolute Gasteiger partial charge is 0.508 e. The van der Waals surface area contributed by atoms with Crippen molar-refractivity contribution in [2.75, 3.05) is 5.32 Å². The van der Waals surface area contributed by atoms with Gasteiger partial charge in [-0.2, -0.15) is 0 Å². The van der Waals surface area contributed by atoms with E-state index in [2.05, 4.69) is 5.32 Å². The van der Waals surface area contributed by atoms with Crippen LogP contribution >= 0.6 is 0 Å². The molecule has 0 spiro atoms. The van der Waals surface area contributed by atoms with Crippen LogP contribution in [0.1, 0.15) is 18.4 Å². The molecule has 0 saturated carbocycles. The highest BCUT2D eigenvalue weighted by Crippen LogP contribution is 2.37. The van der Waals surface area contributed by atoms with E-state index in [-0.39, 0.29) is 17.6 Å². The maximum absolute atomic E-state index is 11.2. The number of nitrogens with one attached hydrogen (secondary N) is 1. The van der Waals surface area contributed by atoms with Gasteiger partial charge in [0, 0.05) is 11.3 Å². The molecule has 1 atom stereocenters. The Kier molecular flexibility index (Phi) is 1.33. The molecule has 12 heavy (non-hydrogen) atoms. The van der Waals surface area contributed by atoms with Gasteiger partial charge in [0.2, 0.25) is 5.91 Å². The summed E-state index contributed by atoms with van der Waals surface area (Å²) >= 11 is 0. The van der Waals surface area contributed by atoms with Gasteiger partial charge in [0.15, 0.2) is 0 Å². The molecule has 2 rings (SSSR count). The van der Waals surface area contributed by atoms with Gasteiger partial charge in [0.25, 0.3) is 0 Å². The van der Waals surface area contributed by atoms with E-state index in [9.17, 15) is 9.90 Å². The van der Waals surface area contributed by atoms with Crippen LogP contribution in [-0.4, -0.2) is 11.0 Å². The van der Waals surface area contributed by atoms with Gasteiger partial charge >= 0.3 is 0 Å². The maximum Gasteiger partial charge on any atom is 0.231 e. The molecule has 0 aliphatic carbocycles. The Balaban J connectivity index is 2.62. The fourth-order valence-electron chi connectivity index (χ4n) is 1.49. The van der Waals surface area contributed by atoms with E-state index in [1.54, 1.807) is 25.1 Å². The summed E-state index contributed by atoms with van der Waals surface area (Å²) in [5, 5.41) is 12.1. The first-order chi connectivity index (χ1) is 5.70. The summed E-state index contributed by atoms with van der Waals surface area (Å²) in [4.78, 5) is 11.2. The molecular weight excluding hydrogens is 154 g/mol. The zero-order valence-corrected chi connectivity index (χ0v) is 6.66. The minimum absolute atomic E-state index is 0.0495. The van der Waals surface area contributed by atoms with Crippen molar-refractivity contribution in [1.29, 1.82) is 0 Å². The highest BCUT2D eigenvalue weighted by molar-refractivity contribution is 6.03. The third-order valence-electron chi connectivity index (χ3n) is 2.17. The minimum Gasteiger partial charge on any atom is -0.508 e. The molecular formula is C9H9NO2. The lowest BCUT2D eigenvalue weighted by atomic mass is 10.0. The summed E-state index contributed by atoms with van der Waals surface area (Å²) in [6.07, 6.45) is 0. The molecule has 1 aromatic rings. The van der Waals surface area contributed by atoms with Crippen LogP contribution in [0.5, 0.6) is 5.75 Å². The van der Waals surface area contributed by atoms with Gasteiger partial charge in [-0.05, 0) is 19.1 Å². The fraction of sp³-hybridized carbons (Fsp3) is 0.222. The molecule has 0 radical (unpaired) electrons. The number of anilines is 1. The minimum atomic E-state index is -0.235. The lowest BCUT2D eigenvalue weighted by Crippen LogP contribution is -2.08. The standard InChI is InChI=1S/C9H9NO2/c1-5-8-6(10-9(5)12)3-2-4-7(8)11/h2-5,11H,1H3,(H,10,12)/t5-/m0/s1. The van der Waals surface area contributed by atoms with Crippen molar-refractivity contribution in [2.45, 2.75) is 12.8 Å². The van der Waals surface area contributed by atoms with Gasteiger partial charge in [0.05, 0.1) is 5.92 Å². The van der Waals surface area contributed by atoms with E-state index in [1.807, 2.05) is 0 Å². The van der Waals surface area contributed by atoms with E-state index in [1.165, 1.54) is 0 Å². The van der Waals surface area contributed by atoms with Gasteiger partial charge in [-0.15, -0.1) is 0 Å². The molecule has 62 valence electrons. The number of hydrogen-bond acceptors (Lipinski definition) is 2. The number of phenols is 1. The zero-order chi connectivity index (χ0) is 8.72. The number of rotatable bonds is 0. The summed E-state index contributed by atoms with van der Waals surface area (Å²) in [7, 11) is 0. The van der Waals surface area contributed by atoms with E-state index >= 15 is 0 Å². The third-order valence-corrected chi connectivity index (χ3v) is 2.17. The predicted molar refractivity (Wildman–Crippen MR) is 45.2 cm³/mol. The summed E-state index contributed by atoms with van der Waals surface area (Å²) < 4.78 is 0. The maximum atomic E-state index is 11.2. The third kappa shape index (κ3) is 0.794. The molecule has 1 amide bonds. The molecule has 1 aliphatic heterocycles. The second-order valence-electron chi connectivity index (χ2n) is 2.95. The van der Waals surface area contributed by atoms with Gasteiger partial charge in [-0.3, -0.25) is 4.79 Å². The Hall–Kier alpha value is -1.51. The van der Waals surface area contributed by atoms with Gasteiger partial charge in [0.1, 0.15) is 5.75 Å². The Morgan fingerprint density at radius 3 is 2.92 bits per heavy atom. The van der Waals surface area contributed by atoms with Gasteiger partial charge < -0.3 is 10.4 Å². The predicted octanol–water partition coefficient (Wildman–Crippen LogP) is 1.45. The molecule has 0 saturated heterocycles. The van der Waals surface area contributed by atoms with Gasteiger partial charge in [-0.25, -0.2) is 0 Å². The molecule has 3 nitrogen and oxygen atoms in total. The van der Waals surface area contributed by atoms with Crippen molar-refractivity contribution >= 4 is 11.6 Å². The first kappa shape index (κ1) is 7.16. The van der Waals surface area contributed by atoms with Crippen LogP contribution in [0, 0.1) is 0 Å². The normalized spacial score (nSPS) is 20.4. The Labute approximate surface area is 70.0 Å². The first-order valence-electron chi connectivity index (χ1n) is 3.83. The van der Waals surface area contributed by atoms with Crippen LogP contribution in [0.25, 0.3) is 0 Å². The Bertz CT molecular complexity index is 346. The molecule has 3 heteroatoms. The average molecular weight is 163 g/mol. The molecule has 0 bridgehead atoms. The van der Waals surface area contributed by atoms with E-state index < -0.39 is 0 Å². The van der Waals surface area contributed by atoms with Crippen molar-refractivity contribution in [1.82, 2.24) is 0 Å². The SMILES string of the molecule is C[C@@H]1C(=O)Nc2cccc(O)c21. The van der Waals surface area contributed by atoms with Crippen molar-refractivity contribution in [3.63, 3.8) is 0 Å². The Morgan fingerprint density at radius 1 is 1.50 bits per heavy atom. The quantitative estimate of drug-likeness (QED) is 0.608. The molecule has 0 aromatic heterocycles. The van der Waals surface area contributed by atoms with Crippen LogP contribution in [0.4, 0.5) is 5.69 Å². The average Bonchev–Trinajstić information content (AvgIpc) is 2.29. The monoisotopic (exact) mass is 163 g/mol. The van der Waals surface area contributed by atoms with Crippen LogP contribution in [0.2, 0.25) is 0 Å². The molecule has 1 aromatic carbocycles. The van der Waals surface area contributed by atoms with E-state index in [0.29, 0.717) is 5.56 Å². The van der Waals surface area contributed by atoms with Gasteiger partial charge in [-0.1, -0.05) is 6.07 Å². The topological polar surface area (TPSA) is 49.3 Å². The lowest BCUT2D eigenvalue weighted by molar-refractivity contribution is -0.116. The number of aromatic hydroxyl groups is 1. The highest BCUT2D eigenvalue weighted by atomic mass is 16.3. The summed E-state index contributed by atoms with van der Waals surface area (Å²) in [5.74, 6) is -0.0916. The summed E-state index contributed by atoms with van der Waals surface area (Å²) in [6, 6.07) is 5.10. The smallest absolute Gasteiger partial charge is 0.231 e. The number of hydrogen-bond donors (Lipinski definition) is 2. The van der Waals surface area contributed by atoms with Crippen molar-refractivity contribution in [3.05, 3.63) is 23.8 Å². The van der Waals surface area contributed by atoms with Crippen LogP contribution < -0.4 is 5.32 Å². The number of benzene rings is 1. The van der Waals surface area contributed by atoms with Crippen LogP contribution in [0.15, 0.2) is 18.2 Å².